The maximum atomic E-state index is 13.9. The molecule has 0 radical (unpaired) electrons. The fourth-order valence-electron chi connectivity index (χ4n) is 4.28. The van der Waals surface area contributed by atoms with Gasteiger partial charge in [-0.15, -0.1) is 0 Å². The normalized spacial score (nSPS) is 12.0. The van der Waals surface area contributed by atoms with Gasteiger partial charge in [-0.1, -0.05) is 72.3 Å². The third kappa shape index (κ3) is 7.33. The number of carbonyl (C=O) groups excluding carboxylic acids is 2. The van der Waals surface area contributed by atoms with Crippen LogP contribution in [0.15, 0.2) is 72.8 Å². The SMILES string of the molecule is CNC(=O)[C@H](Cc1ccccc1)N(Cc1ccc(Cl)cc1)C(=O)CN(c1c(C)cccc1C)S(C)(=O)=O. The molecular weight excluding hydrogens is 510 g/mol. The number of nitrogens with one attached hydrogen (secondary N) is 1. The summed E-state index contributed by atoms with van der Waals surface area (Å²) in [6.07, 6.45) is 1.35. The van der Waals surface area contributed by atoms with Gasteiger partial charge in [-0.3, -0.25) is 13.9 Å². The zero-order valence-corrected chi connectivity index (χ0v) is 23.0. The first-order valence-corrected chi connectivity index (χ1v) is 14.1. The number of nitrogens with zero attached hydrogens (tertiary/aromatic N) is 2. The number of benzene rings is 3. The molecule has 9 heteroatoms. The molecule has 7 nitrogen and oxygen atoms in total. The Kier molecular flexibility index (Phi) is 9.34. The van der Waals surface area contributed by atoms with Gasteiger partial charge in [-0.2, -0.15) is 0 Å². The number of hydrogen-bond acceptors (Lipinski definition) is 4. The van der Waals surface area contributed by atoms with Crippen LogP contribution >= 0.6 is 11.6 Å². The summed E-state index contributed by atoms with van der Waals surface area (Å²) in [5, 5.41) is 3.21. The average molecular weight is 542 g/mol. The smallest absolute Gasteiger partial charge is 0.244 e. The van der Waals surface area contributed by atoms with Crippen LogP contribution in [0.2, 0.25) is 5.02 Å². The fraction of sp³-hybridized carbons (Fsp3) is 0.286. The number of amides is 2. The minimum atomic E-state index is -3.81. The third-order valence-corrected chi connectivity index (χ3v) is 7.52. The van der Waals surface area contributed by atoms with Gasteiger partial charge in [-0.05, 0) is 48.2 Å². The van der Waals surface area contributed by atoms with Crippen LogP contribution in [0.1, 0.15) is 22.3 Å². The lowest BCUT2D eigenvalue weighted by Crippen LogP contribution is -2.53. The second-order valence-electron chi connectivity index (χ2n) is 8.98. The Morgan fingerprint density at radius 2 is 1.49 bits per heavy atom. The van der Waals surface area contributed by atoms with E-state index in [1.807, 2.05) is 36.4 Å². The molecule has 196 valence electrons. The summed E-state index contributed by atoms with van der Waals surface area (Å²) in [6, 6.07) is 21.0. The number of rotatable bonds is 10. The van der Waals surface area contributed by atoms with E-state index in [-0.39, 0.29) is 18.9 Å². The Labute approximate surface area is 224 Å². The summed E-state index contributed by atoms with van der Waals surface area (Å²) in [4.78, 5) is 28.5. The van der Waals surface area contributed by atoms with Crippen LogP contribution in [0.25, 0.3) is 0 Å². The molecule has 3 rings (SSSR count). The number of carbonyl (C=O) groups is 2. The van der Waals surface area contributed by atoms with Crippen LogP contribution in [0, 0.1) is 13.8 Å². The van der Waals surface area contributed by atoms with Crippen molar-refractivity contribution in [3.05, 3.63) is 100 Å². The molecular formula is C28H32ClN3O4S. The van der Waals surface area contributed by atoms with Crippen molar-refractivity contribution in [2.75, 3.05) is 24.2 Å². The van der Waals surface area contributed by atoms with Crippen LogP contribution < -0.4 is 9.62 Å². The van der Waals surface area contributed by atoms with Crippen molar-refractivity contribution < 1.29 is 18.0 Å². The molecule has 0 bridgehead atoms. The molecule has 1 N–H and O–H groups in total. The maximum Gasteiger partial charge on any atom is 0.244 e. The summed E-state index contributed by atoms with van der Waals surface area (Å²) in [5.41, 5.74) is 3.56. The quantitative estimate of drug-likeness (QED) is 0.418. The molecule has 0 spiro atoms. The van der Waals surface area contributed by atoms with Crippen molar-refractivity contribution in [3.8, 4) is 0 Å². The number of aryl methyl sites for hydroxylation is 2. The molecule has 0 saturated carbocycles. The van der Waals surface area contributed by atoms with Crippen LogP contribution in [0.5, 0.6) is 0 Å². The molecule has 0 aliphatic heterocycles. The second kappa shape index (κ2) is 12.3. The van der Waals surface area contributed by atoms with Gasteiger partial charge >= 0.3 is 0 Å². The van der Waals surface area contributed by atoms with Crippen molar-refractivity contribution >= 4 is 39.1 Å². The minimum Gasteiger partial charge on any atom is -0.357 e. The minimum absolute atomic E-state index is 0.102. The Hall–Kier alpha value is -3.36. The van der Waals surface area contributed by atoms with E-state index >= 15 is 0 Å². The highest BCUT2D eigenvalue weighted by Crippen LogP contribution is 2.27. The van der Waals surface area contributed by atoms with Crippen molar-refractivity contribution in [3.63, 3.8) is 0 Å². The standard InChI is InChI=1S/C28H32ClN3O4S/c1-20-9-8-10-21(2)27(20)32(37(4,35)36)19-26(33)31(18-23-13-15-24(29)16-14-23)25(28(34)30-3)17-22-11-6-5-7-12-22/h5-16,25H,17-19H2,1-4H3,(H,30,34)/t25-/m0/s1. The monoisotopic (exact) mass is 541 g/mol. The Bertz CT molecular complexity index is 1330. The van der Waals surface area contributed by atoms with Gasteiger partial charge in [-0.25, -0.2) is 8.42 Å². The molecule has 0 aliphatic carbocycles. The molecule has 37 heavy (non-hydrogen) atoms. The van der Waals surface area contributed by atoms with E-state index in [0.717, 1.165) is 32.8 Å². The number of para-hydroxylation sites is 1. The molecule has 1 atom stereocenters. The van der Waals surface area contributed by atoms with Crippen LogP contribution in [-0.2, 0) is 32.6 Å². The first kappa shape index (κ1) is 28.2. The summed E-state index contributed by atoms with van der Waals surface area (Å²) in [6.45, 7) is 3.27. The number of anilines is 1. The summed E-state index contributed by atoms with van der Waals surface area (Å²) >= 11 is 6.05. The molecule has 3 aromatic carbocycles. The van der Waals surface area contributed by atoms with Crippen LogP contribution in [0.3, 0.4) is 0 Å². The van der Waals surface area contributed by atoms with E-state index in [1.54, 1.807) is 50.2 Å². The van der Waals surface area contributed by atoms with Crippen molar-refractivity contribution in [2.24, 2.45) is 0 Å². The van der Waals surface area contributed by atoms with E-state index in [0.29, 0.717) is 10.7 Å². The van der Waals surface area contributed by atoms with E-state index < -0.39 is 28.5 Å². The van der Waals surface area contributed by atoms with Crippen molar-refractivity contribution in [1.82, 2.24) is 10.2 Å². The maximum absolute atomic E-state index is 13.9. The zero-order valence-electron chi connectivity index (χ0n) is 21.4. The first-order valence-electron chi connectivity index (χ1n) is 11.8. The molecule has 3 aromatic rings. The second-order valence-corrected chi connectivity index (χ2v) is 11.3. The Morgan fingerprint density at radius 1 is 0.892 bits per heavy atom. The summed E-state index contributed by atoms with van der Waals surface area (Å²) in [7, 11) is -2.29. The number of sulfonamides is 1. The lowest BCUT2D eigenvalue weighted by atomic mass is 10.0. The molecule has 0 heterocycles. The van der Waals surface area contributed by atoms with Crippen molar-refractivity contribution in [2.45, 2.75) is 32.9 Å². The molecule has 0 aliphatic rings. The van der Waals surface area contributed by atoms with Gasteiger partial charge in [0.15, 0.2) is 0 Å². The zero-order chi connectivity index (χ0) is 27.2. The van der Waals surface area contributed by atoms with Crippen LogP contribution in [-0.4, -0.2) is 51.0 Å². The summed E-state index contributed by atoms with van der Waals surface area (Å²) < 4.78 is 26.9. The number of likely N-dealkylation sites (N-methyl/N-ethyl adjacent to an activating group) is 1. The van der Waals surface area contributed by atoms with Gasteiger partial charge in [0.1, 0.15) is 12.6 Å². The molecule has 0 saturated heterocycles. The topological polar surface area (TPSA) is 86.8 Å². The number of halogens is 1. The largest absolute Gasteiger partial charge is 0.357 e. The van der Waals surface area contributed by atoms with Gasteiger partial charge < -0.3 is 10.2 Å². The van der Waals surface area contributed by atoms with Gasteiger partial charge in [0, 0.05) is 25.0 Å². The Morgan fingerprint density at radius 3 is 2.03 bits per heavy atom. The van der Waals surface area contributed by atoms with E-state index in [9.17, 15) is 18.0 Å². The third-order valence-electron chi connectivity index (χ3n) is 6.15. The molecule has 0 fully saturated rings. The van der Waals surface area contributed by atoms with Gasteiger partial charge in [0.25, 0.3) is 0 Å². The number of hydrogen-bond donors (Lipinski definition) is 1. The van der Waals surface area contributed by atoms with E-state index in [1.165, 1.54) is 11.9 Å². The predicted molar refractivity (Wildman–Crippen MR) is 148 cm³/mol. The van der Waals surface area contributed by atoms with Crippen LogP contribution in [0.4, 0.5) is 5.69 Å². The highest BCUT2D eigenvalue weighted by atomic mass is 35.5. The molecule has 0 aromatic heterocycles. The van der Waals surface area contributed by atoms with Gasteiger partial charge in [0.2, 0.25) is 21.8 Å². The summed E-state index contributed by atoms with van der Waals surface area (Å²) in [5.74, 6) is -0.836. The average Bonchev–Trinajstić information content (AvgIpc) is 2.86. The Balaban J connectivity index is 2.06. The van der Waals surface area contributed by atoms with Gasteiger partial charge in [0.05, 0.1) is 11.9 Å². The lowest BCUT2D eigenvalue weighted by molar-refractivity contribution is -0.139. The first-order chi connectivity index (χ1) is 17.5. The van der Waals surface area contributed by atoms with E-state index in [4.69, 9.17) is 11.6 Å². The molecule has 2 amide bonds. The van der Waals surface area contributed by atoms with Crippen molar-refractivity contribution in [1.29, 1.82) is 0 Å². The molecule has 0 unspecified atom stereocenters. The highest BCUT2D eigenvalue weighted by molar-refractivity contribution is 7.92. The fourth-order valence-corrected chi connectivity index (χ4v) is 5.37. The predicted octanol–water partition coefficient (Wildman–Crippen LogP) is 4.11. The van der Waals surface area contributed by atoms with E-state index in [2.05, 4.69) is 5.32 Å². The lowest BCUT2D eigenvalue weighted by Gasteiger charge is -2.34. The highest BCUT2D eigenvalue weighted by Gasteiger charge is 2.33.